The standard InChI is InChI=1S/C17H25NO7S/c1-11(2)9-13(17(20)21)18-16(19)7-8-26(22,23)12-5-6-14(24-3)15(10-12)25-4/h5-6,10-11,13H,7-9H2,1-4H3,(H,18,19)(H,20,21)/t13-/m1/s1. The summed E-state index contributed by atoms with van der Waals surface area (Å²) in [6, 6.07) is 3.12. The van der Waals surface area contributed by atoms with Crippen molar-refractivity contribution in [3.63, 3.8) is 0 Å². The number of amides is 1. The number of carbonyl (C=O) groups excluding carboxylic acids is 1. The van der Waals surface area contributed by atoms with Gasteiger partial charge in [-0.15, -0.1) is 0 Å². The lowest BCUT2D eigenvalue weighted by molar-refractivity contribution is -0.142. The van der Waals surface area contributed by atoms with E-state index in [9.17, 15) is 18.0 Å². The molecule has 0 aliphatic heterocycles. The number of nitrogens with one attached hydrogen (secondary N) is 1. The maximum atomic E-state index is 12.4. The number of ether oxygens (including phenoxy) is 2. The van der Waals surface area contributed by atoms with Gasteiger partial charge in [0, 0.05) is 12.5 Å². The van der Waals surface area contributed by atoms with Gasteiger partial charge in [0.25, 0.3) is 0 Å². The van der Waals surface area contributed by atoms with Crippen molar-refractivity contribution in [2.24, 2.45) is 5.92 Å². The lowest BCUT2D eigenvalue weighted by Gasteiger charge is -2.16. The molecule has 0 unspecified atom stereocenters. The Morgan fingerprint density at radius 3 is 2.27 bits per heavy atom. The van der Waals surface area contributed by atoms with Gasteiger partial charge in [-0.05, 0) is 24.5 Å². The van der Waals surface area contributed by atoms with Gasteiger partial charge in [0.1, 0.15) is 6.04 Å². The summed E-state index contributed by atoms with van der Waals surface area (Å²) >= 11 is 0. The van der Waals surface area contributed by atoms with Crippen molar-refractivity contribution in [3.05, 3.63) is 18.2 Å². The fraction of sp³-hybridized carbons (Fsp3) is 0.529. The SMILES string of the molecule is COc1ccc(S(=O)(=O)CCC(=O)N[C@H](CC(C)C)C(=O)O)cc1OC. The van der Waals surface area contributed by atoms with E-state index in [1.165, 1.54) is 32.4 Å². The van der Waals surface area contributed by atoms with Crippen molar-refractivity contribution in [1.29, 1.82) is 0 Å². The molecule has 9 heteroatoms. The first-order valence-corrected chi connectivity index (χ1v) is 9.73. The van der Waals surface area contributed by atoms with Crippen molar-refractivity contribution in [1.82, 2.24) is 5.32 Å². The highest BCUT2D eigenvalue weighted by Gasteiger charge is 2.23. The van der Waals surface area contributed by atoms with Gasteiger partial charge >= 0.3 is 5.97 Å². The number of aliphatic carboxylic acids is 1. The van der Waals surface area contributed by atoms with Crippen molar-refractivity contribution in [2.45, 2.75) is 37.6 Å². The summed E-state index contributed by atoms with van der Waals surface area (Å²) in [5, 5.41) is 11.5. The fourth-order valence-electron chi connectivity index (χ4n) is 2.31. The molecule has 0 fully saturated rings. The third-order valence-electron chi connectivity index (χ3n) is 3.65. The van der Waals surface area contributed by atoms with Crippen LogP contribution < -0.4 is 14.8 Å². The first-order valence-electron chi connectivity index (χ1n) is 8.07. The Morgan fingerprint density at radius 1 is 1.15 bits per heavy atom. The summed E-state index contributed by atoms with van der Waals surface area (Å²) in [7, 11) is -0.908. The fourth-order valence-corrected chi connectivity index (χ4v) is 3.57. The molecular formula is C17H25NO7S. The average molecular weight is 387 g/mol. The molecule has 0 bridgehead atoms. The number of rotatable bonds is 10. The second-order valence-corrected chi connectivity index (χ2v) is 8.28. The van der Waals surface area contributed by atoms with Gasteiger partial charge < -0.3 is 19.9 Å². The van der Waals surface area contributed by atoms with Crippen molar-refractivity contribution in [2.75, 3.05) is 20.0 Å². The molecule has 0 saturated heterocycles. The number of benzene rings is 1. The number of hydrogen-bond acceptors (Lipinski definition) is 6. The van der Waals surface area contributed by atoms with Gasteiger partial charge in [0.2, 0.25) is 5.91 Å². The summed E-state index contributed by atoms with van der Waals surface area (Å²) in [5.41, 5.74) is 0. The summed E-state index contributed by atoms with van der Waals surface area (Å²) < 4.78 is 35.0. The summed E-state index contributed by atoms with van der Waals surface area (Å²) in [6.45, 7) is 3.67. The molecule has 1 aromatic rings. The number of carboxylic acid groups (broad SMARTS) is 1. The lowest BCUT2D eigenvalue weighted by Crippen LogP contribution is -2.42. The Kier molecular flexibility index (Phi) is 7.88. The van der Waals surface area contributed by atoms with Crippen molar-refractivity contribution in [3.8, 4) is 11.5 Å². The molecule has 8 nitrogen and oxygen atoms in total. The molecule has 0 radical (unpaired) electrons. The Morgan fingerprint density at radius 2 is 1.77 bits per heavy atom. The highest BCUT2D eigenvalue weighted by molar-refractivity contribution is 7.91. The number of carbonyl (C=O) groups is 2. The highest BCUT2D eigenvalue weighted by Crippen LogP contribution is 2.29. The van der Waals surface area contributed by atoms with Crippen LogP contribution in [0.2, 0.25) is 0 Å². The lowest BCUT2D eigenvalue weighted by atomic mass is 10.0. The molecule has 2 N–H and O–H groups in total. The molecule has 26 heavy (non-hydrogen) atoms. The van der Waals surface area contributed by atoms with Crippen LogP contribution in [0.3, 0.4) is 0 Å². The predicted molar refractivity (Wildman–Crippen MR) is 95.2 cm³/mol. The van der Waals surface area contributed by atoms with Gasteiger partial charge in [-0.2, -0.15) is 0 Å². The Labute approximate surface area is 153 Å². The quantitative estimate of drug-likeness (QED) is 0.624. The van der Waals surface area contributed by atoms with E-state index in [0.29, 0.717) is 5.75 Å². The average Bonchev–Trinajstić information content (AvgIpc) is 2.58. The van der Waals surface area contributed by atoms with E-state index >= 15 is 0 Å². The predicted octanol–water partition coefficient (Wildman–Crippen LogP) is 1.48. The van der Waals surface area contributed by atoms with Crippen LogP contribution in [-0.4, -0.2) is 51.4 Å². The zero-order valence-electron chi connectivity index (χ0n) is 15.3. The minimum Gasteiger partial charge on any atom is -0.493 e. The Hall–Kier alpha value is -2.29. The molecule has 1 amide bonds. The smallest absolute Gasteiger partial charge is 0.326 e. The van der Waals surface area contributed by atoms with E-state index in [1.54, 1.807) is 0 Å². The first-order chi connectivity index (χ1) is 12.1. The molecular weight excluding hydrogens is 362 g/mol. The topological polar surface area (TPSA) is 119 Å². The molecule has 0 spiro atoms. The monoisotopic (exact) mass is 387 g/mol. The second-order valence-electron chi connectivity index (χ2n) is 6.17. The van der Waals surface area contributed by atoms with Crippen LogP contribution in [0, 0.1) is 5.92 Å². The summed E-state index contributed by atoms with van der Waals surface area (Å²) in [4.78, 5) is 23.1. The number of hydrogen-bond donors (Lipinski definition) is 2. The number of methoxy groups -OCH3 is 2. The molecule has 146 valence electrons. The van der Waals surface area contributed by atoms with Crippen LogP contribution in [0.4, 0.5) is 0 Å². The molecule has 1 aromatic carbocycles. The van der Waals surface area contributed by atoms with Crippen molar-refractivity contribution < 1.29 is 32.6 Å². The van der Waals surface area contributed by atoms with Crippen LogP contribution in [0.1, 0.15) is 26.7 Å². The third kappa shape index (κ3) is 6.21. The van der Waals surface area contributed by atoms with E-state index in [-0.39, 0.29) is 29.4 Å². The zero-order chi connectivity index (χ0) is 19.9. The van der Waals surface area contributed by atoms with Gasteiger partial charge in [-0.25, -0.2) is 13.2 Å². The normalized spacial score (nSPS) is 12.5. The van der Waals surface area contributed by atoms with E-state index < -0.39 is 33.5 Å². The van der Waals surface area contributed by atoms with Crippen LogP contribution in [0.5, 0.6) is 11.5 Å². The van der Waals surface area contributed by atoms with Crippen LogP contribution in [-0.2, 0) is 19.4 Å². The minimum atomic E-state index is -3.74. The zero-order valence-corrected chi connectivity index (χ0v) is 16.1. The molecule has 1 atom stereocenters. The van der Waals surface area contributed by atoms with Gasteiger partial charge in [0.15, 0.2) is 21.3 Å². The molecule has 0 aliphatic carbocycles. The van der Waals surface area contributed by atoms with Gasteiger partial charge in [0.05, 0.1) is 24.9 Å². The van der Waals surface area contributed by atoms with E-state index in [2.05, 4.69) is 5.32 Å². The van der Waals surface area contributed by atoms with E-state index in [1.807, 2.05) is 13.8 Å². The maximum absolute atomic E-state index is 12.4. The highest BCUT2D eigenvalue weighted by atomic mass is 32.2. The molecule has 0 saturated carbocycles. The van der Waals surface area contributed by atoms with Crippen molar-refractivity contribution >= 4 is 21.7 Å². The van der Waals surface area contributed by atoms with Crippen LogP contribution >= 0.6 is 0 Å². The largest absolute Gasteiger partial charge is 0.493 e. The summed E-state index contributed by atoms with van der Waals surface area (Å²) in [6.07, 6.45) is -0.0674. The van der Waals surface area contributed by atoms with Crippen LogP contribution in [0.15, 0.2) is 23.1 Å². The van der Waals surface area contributed by atoms with E-state index in [4.69, 9.17) is 14.6 Å². The molecule has 0 heterocycles. The minimum absolute atomic E-state index is 0.0000787. The Bertz CT molecular complexity index is 743. The molecule has 1 rings (SSSR count). The van der Waals surface area contributed by atoms with Gasteiger partial charge in [-0.3, -0.25) is 4.79 Å². The molecule has 0 aromatic heterocycles. The maximum Gasteiger partial charge on any atom is 0.326 e. The van der Waals surface area contributed by atoms with E-state index in [0.717, 1.165) is 0 Å². The number of carboxylic acids is 1. The van der Waals surface area contributed by atoms with Gasteiger partial charge in [-0.1, -0.05) is 13.8 Å². The first kappa shape index (κ1) is 21.8. The summed E-state index contributed by atoms with van der Waals surface area (Å²) in [5.74, 6) is -1.48. The second kappa shape index (κ2) is 9.42. The number of sulfone groups is 1. The Balaban J connectivity index is 2.78. The van der Waals surface area contributed by atoms with Crippen LogP contribution in [0.25, 0.3) is 0 Å². The molecule has 0 aliphatic rings. The third-order valence-corrected chi connectivity index (χ3v) is 5.37.